The molecule has 0 aromatic carbocycles. The van der Waals surface area contributed by atoms with Gasteiger partial charge < -0.3 is 5.11 Å². The van der Waals surface area contributed by atoms with Crippen molar-refractivity contribution in [2.75, 3.05) is 0 Å². The van der Waals surface area contributed by atoms with Crippen LogP contribution in [-0.4, -0.2) is 11.1 Å². The Balaban J connectivity index is 5.01. The summed E-state index contributed by atoms with van der Waals surface area (Å²) < 4.78 is 0. The van der Waals surface area contributed by atoms with Crippen molar-refractivity contribution in [2.45, 2.75) is 425 Å². The van der Waals surface area contributed by atoms with E-state index < -0.39 is 5.97 Å². The van der Waals surface area contributed by atoms with Gasteiger partial charge in [-0.2, -0.15) is 0 Å². The Hall–Kier alpha value is -0.790. The van der Waals surface area contributed by atoms with Gasteiger partial charge in [0.25, 0.3) is 0 Å². The number of aliphatic carboxylic acids is 1. The van der Waals surface area contributed by atoms with Crippen LogP contribution in [0.1, 0.15) is 425 Å². The third-order valence-corrected chi connectivity index (χ3v) is 17.2. The minimum absolute atomic E-state index is 0.333. The number of hydrogen-bond acceptors (Lipinski definition) is 1. The maximum atomic E-state index is 10.8. The molecule has 0 aliphatic carbocycles. The van der Waals surface area contributed by atoms with Crippen LogP contribution in [0, 0.1) is 5.41 Å². The quantitative estimate of drug-likeness (QED) is 0.0487. The predicted molar refractivity (Wildman–Crippen MR) is 327 cm³/mol. The summed E-state index contributed by atoms with van der Waals surface area (Å²) in [6, 6.07) is 0. The highest BCUT2D eigenvalue weighted by Gasteiger charge is 2.28. The van der Waals surface area contributed by atoms with Crippen LogP contribution in [0.5, 0.6) is 0 Å². The molecule has 0 aliphatic rings. The van der Waals surface area contributed by atoms with Crippen molar-refractivity contribution in [1.29, 1.82) is 0 Å². The van der Waals surface area contributed by atoms with Crippen LogP contribution in [0.4, 0.5) is 0 Å². The van der Waals surface area contributed by atoms with Gasteiger partial charge in [-0.1, -0.05) is 373 Å². The number of carboxylic acid groups (broad SMARTS) is 1. The highest BCUT2D eigenvalue weighted by molar-refractivity contribution is 5.66. The van der Waals surface area contributed by atoms with Crippen LogP contribution >= 0.6 is 0 Å². The van der Waals surface area contributed by atoms with Crippen LogP contribution in [0.15, 0.2) is 12.2 Å². The number of allylic oxidation sites excluding steroid dienone is 2. The summed E-state index contributed by atoms with van der Waals surface area (Å²) in [5, 5.41) is 8.87. The molecule has 0 saturated carbocycles. The summed E-state index contributed by atoms with van der Waals surface area (Å²) >= 11 is 0. The van der Waals surface area contributed by atoms with Gasteiger partial charge in [-0.15, -0.1) is 0 Å². The first-order valence-corrected chi connectivity index (χ1v) is 34.5. The van der Waals surface area contributed by atoms with Crippen LogP contribution in [0.25, 0.3) is 0 Å². The van der Waals surface area contributed by atoms with E-state index in [1.165, 1.54) is 385 Å². The Morgan fingerprint density at radius 2 is 0.417 bits per heavy atom. The predicted octanol–water partition coefficient (Wildman–Crippen LogP) is 26.2. The fourth-order valence-corrected chi connectivity index (χ4v) is 12.1. The van der Waals surface area contributed by atoms with Crippen molar-refractivity contribution in [3.05, 3.63) is 12.2 Å². The van der Waals surface area contributed by atoms with Crippen LogP contribution < -0.4 is 0 Å². The zero-order valence-electron chi connectivity index (χ0n) is 50.6. The summed E-state index contributed by atoms with van der Waals surface area (Å²) in [4.78, 5) is 10.8. The van der Waals surface area contributed by atoms with E-state index >= 15 is 0 Å². The molecular formula is C70H138O2. The molecule has 0 radical (unpaired) electrons. The van der Waals surface area contributed by atoms with Gasteiger partial charge in [0.15, 0.2) is 0 Å². The maximum absolute atomic E-state index is 10.8. The van der Waals surface area contributed by atoms with Gasteiger partial charge in [-0.05, 0) is 63.2 Å². The second-order valence-electron chi connectivity index (χ2n) is 24.4. The minimum atomic E-state index is -0.648. The molecule has 0 unspecified atom stereocenters. The fraction of sp³-hybridized carbons (Fsp3) is 0.957. The molecule has 2 heteroatoms. The molecule has 0 aliphatic heterocycles. The van der Waals surface area contributed by atoms with Crippen LogP contribution in [0.3, 0.4) is 0 Å². The zero-order valence-corrected chi connectivity index (χ0v) is 50.6. The Morgan fingerprint density at radius 3 is 0.625 bits per heavy atom. The van der Waals surface area contributed by atoms with Gasteiger partial charge in [0, 0.05) is 6.42 Å². The molecule has 0 saturated heterocycles. The second-order valence-corrected chi connectivity index (χ2v) is 24.4. The minimum Gasteiger partial charge on any atom is -0.481 e. The molecule has 1 N–H and O–H groups in total. The fourth-order valence-electron chi connectivity index (χ4n) is 12.1. The average molecular weight is 1010 g/mol. The number of hydrogen-bond donors (Lipinski definition) is 1. The third-order valence-electron chi connectivity index (χ3n) is 17.2. The van der Waals surface area contributed by atoms with Crippen molar-refractivity contribution < 1.29 is 9.90 Å². The SMILES string of the molecule is CCCCCCCCCCCCCCCCCCC(CCCCC/C=C\CCCCCCCC(=O)O)(CCCCCCCCCCCCCCCCCC)CCCCCCCCCCCCCCCCCC. The Labute approximate surface area is 456 Å². The van der Waals surface area contributed by atoms with Gasteiger partial charge in [-0.25, -0.2) is 0 Å². The maximum Gasteiger partial charge on any atom is 0.303 e. The molecule has 430 valence electrons. The molecule has 0 atom stereocenters. The van der Waals surface area contributed by atoms with E-state index in [1.807, 2.05) is 0 Å². The van der Waals surface area contributed by atoms with Gasteiger partial charge in [0.05, 0.1) is 0 Å². The van der Waals surface area contributed by atoms with Crippen molar-refractivity contribution in [2.24, 2.45) is 5.41 Å². The van der Waals surface area contributed by atoms with Crippen LogP contribution in [0.2, 0.25) is 0 Å². The molecule has 0 bridgehead atoms. The molecule has 0 aromatic heterocycles. The highest BCUT2D eigenvalue weighted by Crippen LogP contribution is 2.42. The summed E-state index contributed by atoms with van der Waals surface area (Å²) in [5.74, 6) is -0.648. The first-order valence-electron chi connectivity index (χ1n) is 34.5. The normalized spacial score (nSPS) is 12.0. The third kappa shape index (κ3) is 58.5. The first-order chi connectivity index (χ1) is 35.6. The van der Waals surface area contributed by atoms with Gasteiger partial charge >= 0.3 is 5.97 Å². The highest BCUT2D eigenvalue weighted by atomic mass is 16.4. The van der Waals surface area contributed by atoms with Crippen molar-refractivity contribution in [3.63, 3.8) is 0 Å². The van der Waals surface area contributed by atoms with E-state index in [0.29, 0.717) is 11.8 Å². The summed E-state index contributed by atoms with van der Waals surface area (Å²) in [5.41, 5.74) is 0.600. The molecule has 0 amide bonds. The Kier molecular flexibility index (Phi) is 62.1. The molecule has 0 heterocycles. The summed E-state index contributed by atoms with van der Waals surface area (Å²) in [6.07, 6.45) is 93.9. The molecule has 0 aromatic rings. The van der Waals surface area contributed by atoms with Gasteiger partial charge in [-0.3, -0.25) is 4.79 Å². The Bertz CT molecular complexity index is 926. The zero-order chi connectivity index (χ0) is 52.0. The smallest absolute Gasteiger partial charge is 0.303 e. The Morgan fingerprint density at radius 1 is 0.250 bits per heavy atom. The lowest BCUT2D eigenvalue weighted by Gasteiger charge is -2.35. The van der Waals surface area contributed by atoms with E-state index in [-0.39, 0.29) is 0 Å². The number of rotatable bonds is 65. The molecule has 2 nitrogen and oxygen atoms in total. The summed E-state index contributed by atoms with van der Waals surface area (Å²) in [6.45, 7) is 6.97. The molecule has 0 spiro atoms. The number of unbranched alkanes of at least 4 members (excludes halogenated alkanes) is 53. The van der Waals surface area contributed by atoms with Crippen molar-refractivity contribution >= 4 is 5.97 Å². The van der Waals surface area contributed by atoms with Gasteiger partial charge in [0.1, 0.15) is 0 Å². The molecule has 0 fully saturated rings. The lowest BCUT2D eigenvalue weighted by atomic mass is 9.70. The van der Waals surface area contributed by atoms with Crippen LogP contribution in [-0.2, 0) is 4.79 Å². The molecule has 72 heavy (non-hydrogen) atoms. The lowest BCUT2D eigenvalue weighted by Crippen LogP contribution is -2.21. The van der Waals surface area contributed by atoms with Gasteiger partial charge in [0.2, 0.25) is 0 Å². The standard InChI is InChI=1S/C70H138O2/c1-4-7-10-13-16-19-22-25-28-31-35-40-45-50-55-60-65-70(68-63-58-53-48-43-38-34-39-44-49-54-59-64-69(71)72,66-61-56-51-46-41-36-32-29-26-23-20-17-14-11-8-5-2)67-62-57-52-47-42-37-33-30-27-24-21-18-15-12-9-6-3/h38,43H,4-37,39-42,44-68H2,1-3H3,(H,71,72)/b43-38-. The van der Waals surface area contributed by atoms with E-state index in [4.69, 9.17) is 5.11 Å². The average Bonchev–Trinajstić information content (AvgIpc) is 3.38. The second kappa shape index (κ2) is 62.7. The van der Waals surface area contributed by atoms with E-state index in [9.17, 15) is 4.79 Å². The molecule has 0 rings (SSSR count). The summed E-state index contributed by atoms with van der Waals surface area (Å²) in [7, 11) is 0. The number of carbonyl (C=O) groups is 1. The first kappa shape index (κ1) is 71.2. The van der Waals surface area contributed by atoms with E-state index in [2.05, 4.69) is 32.9 Å². The monoisotopic (exact) mass is 1010 g/mol. The number of carboxylic acids is 1. The van der Waals surface area contributed by atoms with E-state index in [1.54, 1.807) is 0 Å². The molecular weight excluding hydrogens is 873 g/mol. The largest absolute Gasteiger partial charge is 0.481 e. The topological polar surface area (TPSA) is 37.3 Å². The van der Waals surface area contributed by atoms with Crippen molar-refractivity contribution in [1.82, 2.24) is 0 Å². The lowest BCUT2D eigenvalue weighted by molar-refractivity contribution is -0.137. The van der Waals surface area contributed by atoms with E-state index in [0.717, 1.165) is 12.8 Å². The van der Waals surface area contributed by atoms with Crippen molar-refractivity contribution in [3.8, 4) is 0 Å².